The predicted molar refractivity (Wildman–Crippen MR) is 115 cm³/mol. The highest BCUT2D eigenvalue weighted by Crippen LogP contribution is 2.21. The van der Waals surface area contributed by atoms with Gasteiger partial charge in [0, 0.05) is 25.0 Å². The van der Waals surface area contributed by atoms with Gasteiger partial charge in [0.05, 0.1) is 17.8 Å². The summed E-state index contributed by atoms with van der Waals surface area (Å²) in [5.74, 6) is 0.610. The van der Waals surface area contributed by atoms with E-state index in [2.05, 4.69) is 0 Å². The topological polar surface area (TPSA) is 66.1 Å². The second-order valence-electron chi connectivity index (χ2n) is 7.29. The van der Waals surface area contributed by atoms with E-state index in [0.717, 1.165) is 5.52 Å². The Labute approximate surface area is 168 Å². The lowest BCUT2D eigenvalue weighted by molar-refractivity contribution is 0.189. The van der Waals surface area contributed by atoms with Gasteiger partial charge in [0.1, 0.15) is 11.2 Å². The number of benzene rings is 2. The molecular weight excluding hydrogens is 366 g/mol. The first-order valence-corrected chi connectivity index (χ1v) is 9.67. The Morgan fingerprint density at radius 3 is 2.38 bits per heavy atom. The molecule has 0 spiro atoms. The van der Waals surface area contributed by atoms with Gasteiger partial charge in [0.25, 0.3) is 5.56 Å². The zero-order chi connectivity index (χ0) is 20.5. The average Bonchev–Trinajstić information content (AvgIpc) is 2.73. The van der Waals surface area contributed by atoms with E-state index in [4.69, 9.17) is 9.72 Å². The number of hydrogen-bond donors (Lipinski definition) is 0. The van der Waals surface area contributed by atoms with Gasteiger partial charge in [0.15, 0.2) is 5.65 Å². The number of methoxy groups -OCH3 is 1. The fraction of sp³-hybridized carbons (Fsp3) is 0.261. The number of pyridine rings is 1. The van der Waals surface area contributed by atoms with E-state index in [0.29, 0.717) is 35.7 Å². The second kappa shape index (κ2) is 7.64. The Morgan fingerprint density at radius 2 is 1.69 bits per heavy atom. The zero-order valence-corrected chi connectivity index (χ0v) is 16.8. The van der Waals surface area contributed by atoms with Gasteiger partial charge >= 0.3 is 0 Å². The van der Waals surface area contributed by atoms with Gasteiger partial charge in [0.2, 0.25) is 5.43 Å². The molecule has 0 fully saturated rings. The number of ether oxygens (including phenoxy) is 1. The number of fused-ring (bicyclic) bond motifs is 2. The largest absolute Gasteiger partial charge is 0.383 e. The molecule has 4 aromatic rings. The number of hydrogen-bond acceptors (Lipinski definition) is 4. The summed E-state index contributed by atoms with van der Waals surface area (Å²) in [4.78, 5) is 31.8. The van der Waals surface area contributed by atoms with Crippen LogP contribution in [-0.4, -0.2) is 27.8 Å². The summed E-state index contributed by atoms with van der Waals surface area (Å²) in [6.07, 6.45) is 0. The van der Waals surface area contributed by atoms with E-state index < -0.39 is 0 Å². The van der Waals surface area contributed by atoms with E-state index in [1.54, 1.807) is 17.7 Å². The summed E-state index contributed by atoms with van der Waals surface area (Å²) in [5.41, 5.74) is 1.23. The molecule has 2 aromatic heterocycles. The second-order valence-corrected chi connectivity index (χ2v) is 7.29. The monoisotopic (exact) mass is 389 g/mol. The third-order valence-electron chi connectivity index (χ3n) is 5.06. The van der Waals surface area contributed by atoms with Gasteiger partial charge in [-0.2, -0.15) is 0 Å². The van der Waals surface area contributed by atoms with Gasteiger partial charge < -0.3 is 9.30 Å². The molecule has 29 heavy (non-hydrogen) atoms. The quantitative estimate of drug-likeness (QED) is 0.490. The fourth-order valence-corrected chi connectivity index (χ4v) is 3.69. The maximum absolute atomic E-state index is 13.6. The van der Waals surface area contributed by atoms with Gasteiger partial charge in [-0.05, 0) is 24.3 Å². The first-order valence-electron chi connectivity index (χ1n) is 9.67. The normalized spacial score (nSPS) is 11.6. The third kappa shape index (κ3) is 3.15. The summed E-state index contributed by atoms with van der Waals surface area (Å²) in [6.45, 7) is 4.92. The van der Waals surface area contributed by atoms with E-state index in [1.165, 1.54) is 0 Å². The highest BCUT2D eigenvalue weighted by atomic mass is 16.5. The Balaban J connectivity index is 2.22. The summed E-state index contributed by atoms with van der Waals surface area (Å²) in [5, 5.41) is 0.611. The minimum Gasteiger partial charge on any atom is -0.383 e. The summed E-state index contributed by atoms with van der Waals surface area (Å²) < 4.78 is 8.74. The zero-order valence-electron chi connectivity index (χ0n) is 16.8. The van der Waals surface area contributed by atoms with Crippen molar-refractivity contribution in [2.24, 2.45) is 0 Å². The lowest BCUT2D eigenvalue weighted by Crippen LogP contribution is -2.30. The molecule has 2 heterocycles. The van der Waals surface area contributed by atoms with Crippen LogP contribution < -0.4 is 11.0 Å². The van der Waals surface area contributed by atoms with Crippen LogP contribution >= 0.6 is 0 Å². The molecule has 2 aromatic carbocycles. The minimum absolute atomic E-state index is 0.00949. The molecule has 148 valence electrons. The van der Waals surface area contributed by atoms with Crippen molar-refractivity contribution >= 4 is 21.9 Å². The van der Waals surface area contributed by atoms with Crippen LogP contribution in [0.1, 0.15) is 25.6 Å². The van der Waals surface area contributed by atoms with Crippen LogP contribution in [0.2, 0.25) is 0 Å². The standard InChI is InChI=1S/C23H23N3O3/c1-15(2)21-24-22-19(23(28)26(21)16-9-5-4-6-10-16)20(27)17-11-7-8-12-18(17)25(22)13-14-29-3/h4-12,15H,13-14H2,1-3H3. The Morgan fingerprint density at radius 1 is 1.00 bits per heavy atom. The summed E-state index contributed by atoms with van der Waals surface area (Å²) in [7, 11) is 1.63. The van der Waals surface area contributed by atoms with Crippen molar-refractivity contribution in [2.75, 3.05) is 13.7 Å². The van der Waals surface area contributed by atoms with Gasteiger partial charge in [-0.25, -0.2) is 4.98 Å². The van der Waals surface area contributed by atoms with E-state index in [9.17, 15) is 9.59 Å². The number of para-hydroxylation sites is 2. The Hall–Kier alpha value is -3.25. The maximum atomic E-state index is 13.6. The molecule has 0 N–H and O–H groups in total. The number of nitrogens with zero attached hydrogens (tertiary/aromatic N) is 3. The van der Waals surface area contributed by atoms with Crippen molar-refractivity contribution < 1.29 is 4.74 Å². The van der Waals surface area contributed by atoms with E-state index in [1.807, 2.05) is 66.9 Å². The van der Waals surface area contributed by atoms with Crippen LogP contribution in [0.15, 0.2) is 64.2 Å². The Kier molecular flexibility index (Phi) is 5.03. The smallest absolute Gasteiger partial charge is 0.271 e. The van der Waals surface area contributed by atoms with Crippen molar-refractivity contribution in [1.82, 2.24) is 14.1 Å². The molecule has 0 aliphatic heterocycles. The van der Waals surface area contributed by atoms with Gasteiger partial charge in [-0.1, -0.05) is 44.2 Å². The molecule has 0 atom stereocenters. The SMILES string of the molecule is COCCn1c2ccccc2c(=O)c2c(=O)n(-c3ccccc3)c(C(C)C)nc21. The van der Waals surface area contributed by atoms with Crippen LogP contribution in [0.3, 0.4) is 0 Å². The van der Waals surface area contributed by atoms with E-state index >= 15 is 0 Å². The molecule has 0 amide bonds. The molecule has 0 bridgehead atoms. The van der Waals surface area contributed by atoms with Crippen molar-refractivity contribution in [3.63, 3.8) is 0 Å². The van der Waals surface area contributed by atoms with Crippen LogP contribution in [-0.2, 0) is 11.3 Å². The third-order valence-corrected chi connectivity index (χ3v) is 5.06. The number of aromatic nitrogens is 3. The lowest BCUT2D eigenvalue weighted by atomic mass is 10.1. The minimum atomic E-state index is -0.341. The molecule has 6 nitrogen and oxygen atoms in total. The van der Waals surface area contributed by atoms with Crippen LogP contribution in [0, 0.1) is 0 Å². The van der Waals surface area contributed by atoms with Crippen molar-refractivity contribution in [2.45, 2.75) is 26.3 Å². The first-order chi connectivity index (χ1) is 14.0. The molecule has 6 heteroatoms. The van der Waals surface area contributed by atoms with Crippen molar-refractivity contribution in [3.8, 4) is 5.69 Å². The first kappa shape index (κ1) is 19.1. The van der Waals surface area contributed by atoms with Crippen LogP contribution in [0.4, 0.5) is 0 Å². The molecule has 0 saturated heterocycles. The van der Waals surface area contributed by atoms with Crippen molar-refractivity contribution in [1.29, 1.82) is 0 Å². The Bertz CT molecular complexity index is 1300. The molecule has 0 unspecified atom stereocenters. The molecule has 4 rings (SSSR count). The molecule has 0 aliphatic rings. The molecule has 0 saturated carbocycles. The van der Waals surface area contributed by atoms with Gasteiger partial charge in [-0.3, -0.25) is 14.2 Å². The predicted octanol–water partition coefficient (Wildman–Crippen LogP) is 3.47. The maximum Gasteiger partial charge on any atom is 0.271 e. The van der Waals surface area contributed by atoms with E-state index in [-0.39, 0.29) is 22.3 Å². The molecular formula is C23H23N3O3. The fourth-order valence-electron chi connectivity index (χ4n) is 3.69. The van der Waals surface area contributed by atoms with Crippen LogP contribution in [0.25, 0.3) is 27.6 Å². The van der Waals surface area contributed by atoms with Crippen LogP contribution in [0.5, 0.6) is 0 Å². The molecule has 0 aliphatic carbocycles. The average molecular weight is 389 g/mol. The lowest BCUT2D eigenvalue weighted by Gasteiger charge is -2.19. The number of rotatable bonds is 5. The summed E-state index contributed by atoms with van der Waals surface area (Å²) in [6, 6.07) is 16.7. The van der Waals surface area contributed by atoms with Crippen molar-refractivity contribution in [3.05, 3.63) is 81.0 Å². The summed E-state index contributed by atoms with van der Waals surface area (Å²) >= 11 is 0. The molecule has 0 radical (unpaired) electrons. The van der Waals surface area contributed by atoms with Gasteiger partial charge in [-0.15, -0.1) is 0 Å². The highest BCUT2D eigenvalue weighted by Gasteiger charge is 2.21. The highest BCUT2D eigenvalue weighted by molar-refractivity contribution is 5.91.